The molecule has 1 aliphatic rings. The van der Waals surface area contributed by atoms with Crippen molar-refractivity contribution in [2.45, 2.75) is 25.8 Å². The van der Waals surface area contributed by atoms with Gasteiger partial charge in [0.1, 0.15) is 5.82 Å². The first-order chi connectivity index (χ1) is 9.66. The van der Waals surface area contributed by atoms with Crippen LogP contribution in [-0.4, -0.2) is 15.7 Å². The van der Waals surface area contributed by atoms with E-state index in [4.69, 9.17) is 0 Å². The molecule has 20 heavy (non-hydrogen) atoms. The van der Waals surface area contributed by atoms with E-state index in [1.165, 1.54) is 12.8 Å². The van der Waals surface area contributed by atoms with Crippen LogP contribution in [0, 0.1) is 9.49 Å². The van der Waals surface area contributed by atoms with E-state index >= 15 is 0 Å². The van der Waals surface area contributed by atoms with E-state index in [0.717, 1.165) is 9.39 Å². The van der Waals surface area contributed by atoms with Crippen LogP contribution in [0.3, 0.4) is 0 Å². The molecule has 1 saturated carbocycles. The Morgan fingerprint density at radius 2 is 2.15 bits per heavy atom. The van der Waals surface area contributed by atoms with Crippen LogP contribution in [-0.2, 0) is 0 Å². The van der Waals surface area contributed by atoms with E-state index < -0.39 is 0 Å². The number of benzene rings is 1. The van der Waals surface area contributed by atoms with Crippen molar-refractivity contribution in [1.82, 2.24) is 9.78 Å². The molecule has 5 heteroatoms. The number of hydrogen-bond acceptors (Lipinski definition) is 2. The number of nitrogens with zero attached hydrogens (tertiary/aromatic N) is 2. The van der Waals surface area contributed by atoms with E-state index in [1.54, 1.807) is 6.20 Å². The molecule has 1 aromatic carbocycles. The van der Waals surface area contributed by atoms with Crippen molar-refractivity contribution in [2.24, 2.45) is 5.92 Å². The largest absolute Gasteiger partial charge is 0.307 e. The van der Waals surface area contributed by atoms with Crippen molar-refractivity contribution in [1.29, 1.82) is 0 Å². The van der Waals surface area contributed by atoms with Crippen molar-refractivity contribution < 1.29 is 4.79 Å². The normalized spacial score (nSPS) is 15.9. The summed E-state index contributed by atoms with van der Waals surface area (Å²) in [6.45, 7) is 2.16. The van der Waals surface area contributed by atoms with Gasteiger partial charge in [-0.2, -0.15) is 5.10 Å². The average Bonchev–Trinajstić information content (AvgIpc) is 3.19. The van der Waals surface area contributed by atoms with Crippen LogP contribution in [0.15, 0.2) is 36.5 Å². The molecular weight excluding hydrogens is 365 g/mol. The maximum absolute atomic E-state index is 12.3. The number of carbonyl (C=O) groups is 1. The number of amides is 1. The van der Waals surface area contributed by atoms with E-state index in [0.29, 0.717) is 17.5 Å². The van der Waals surface area contributed by atoms with Crippen molar-refractivity contribution >= 4 is 34.3 Å². The fourth-order valence-electron chi connectivity index (χ4n) is 2.35. The van der Waals surface area contributed by atoms with Gasteiger partial charge in [-0.15, -0.1) is 0 Å². The van der Waals surface area contributed by atoms with Gasteiger partial charge in [0.15, 0.2) is 0 Å². The zero-order valence-corrected chi connectivity index (χ0v) is 13.4. The van der Waals surface area contributed by atoms with Gasteiger partial charge in [0.25, 0.3) is 5.91 Å². The predicted octanol–water partition coefficient (Wildman–Crippen LogP) is 3.71. The minimum Gasteiger partial charge on any atom is -0.307 e. The van der Waals surface area contributed by atoms with Crippen LogP contribution in [0.1, 0.15) is 36.2 Å². The third kappa shape index (κ3) is 2.72. The quantitative estimate of drug-likeness (QED) is 0.821. The Balaban J connectivity index is 1.80. The highest BCUT2D eigenvalue weighted by Crippen LogP contribution is 2.40. The molecule has 1 unspecified atom stereocenters. The van der Waals surface area contributed by atoms with Gasteiger partial charge in [0, 0.05) is 9.64 Å². The van der Waals surface area contributed by atoms with Gasteiger partial charge in [0.05, 0.1) is 17.8 Å². The molecule has 1 fully saturated rings. The van der Waals surface area contributed by atoms with Crippen LogP contribution in [0.2, 0.25) is 0 Å². The first-order valence-electron chi connectivity index (χ1n) is 6.76. The van der Waals surface area contributed by atoms with Crippen LogP contribution in [0.25, 0.3) is 0 Å². The van der Waals surface area contributed by atoms with Gasteiger partial charge in [-0.1, -0.05) is 12.1 Å². The Kier molecular flexibility index (Phi) is 3.78. The SMILES string of the molecule is CC(C1CC1)n1nccc1NC(=O)c1ccccc1I. The molecule has 1 aromatic heterocycles. The lowest BCUT2D eigenvalue weighted by molar-refractivity contribution is 0.102. The van der Waals surface area contributed by atoms with Gasteiger partial charge in [-0.3, -0.25) is 4.79 Å². The van der Waals surface area contributed by atoms with E-state index in [-0.39, 0.29) is 5.91 Å². The lowest BCUT2D eigenvalue weighted by Gasteiger charge is -2.15. The smallest absolute Gasteiger partial charge is 0.257 e. The summed E-state index contributed by atoms with van der Waals surface area (Å²) in [5.74, 6) is 1.39. The summed E-state index contributed by atoms with van der Waals surface area (Å²) in [6, 6.07) is 9.77. The molecule has 1 atom stereocenters. The molecule has 1 N–H and O–H groups in total. The molecule has 4 nitrogen and oxygen atoms in total. The van der Waals surface area contributed by atoms with Crippen molar-refractivity contribution in [3.05, 3.63) is 45.7 Å². The molecule has 104 valence electrons. The molecule has 1 amide bonds. The van der Waals surface area contributed by atoms with E-state index in [9.17, 15) is 4.79 Å². The minimum absolute atomic E-state index is 0.0836. The molecule has 1 aliphatic carbocycles. The molecular formula is C15H16IN3O. The summed E-state index contributed by atoms with van der Waals surface area (Å²) < 4.78 is 2.87. The average molecular weight is 381 g/mol. The van der Waals surface area contributed by atoms with Crippen LogP contribution < -0.4 is 5.32 Å². The molecule has 0 aliphatic heterocycles. The number of carbonyl (C=O) groups excluding carboxylic acids is 1. The third-order valence-electron chi connectivity index (χ3n) is 3.72. The van der Waals surface area contributed by atoms with Crippen LogP contribution in [0.4, 0.5) is 5.82 Å². The number of rotatable bonds is 4. The standard InChI is InChI=1S/C15H16IN3O/c1-10(11-6-7-11)19-14(8-9-17-19)18-15(20)12-4-2-3-5-13(12)16/h2-5,8-11H,6-7H2,1H3,(H,18,20). The second kappa shape index (κ2) is 5.55. The first kappa shape index (κ1) is 13.6. The monoisotopic (exact) mass is 381 g/mol. The number of halogens is 1. The molecule has 0 radical (unpaired) electrons. The molecule has 0 saturated heterocycles. The number of nitrogens with one attached hydrogen (secondary N) is 1. The summed E-state index contributed by atoms with van der Waals surface area (Å²) in [7, 11) is 0. The summed E-state index contributed by atoms with van der Waals surface area (Å²) in [6.07, 6.45) is 4.25. The van der Waals surface area contributed by atoms with Gasteiger partial charge in [-0.05, 0) is 60.4 Å². The Hall–Kier alpha value is -1.37. The van der Waals surface area contributed by atoms with Gasteiger partial charge in [-0.25, -0.2) is 4.68 Å². The second-order valence-corrected chi connectivity index (χ2v) is 6.34. The van der Waals surface area contributed by atoms with Crippen molar-refractivity contribution in [2.75, 3.05) is 5.32 Å². The summed E-state index contributed by atoms with van der Waals surface area (Å²) in [4.78, 5) is 12.3. The second-order valence-electron chi connectivity index (χ2n) is 5.17. The Morgan fingerprint density at radius 1 is 1.40 bits per heavy atom. The maximum Gasteiger partial charge on any atom is 0.257 e. The fourth-order valence-corrected chi connectivity index (χ4v) is 2.98. The maximum atomic E-state index is 12.3. The van der Waals surface area contributed by atoms with E-state index in [1.807, 2.05) is 35.0 Å². The fraction of sp³-hybridized carbons (Fsp3) is 0.333. The Morgan fingerprint density at radius 3 is 2.85 bits per heavy atom. The predicted molar refractivity (Wildman–Crippen MR) is 86.8 cm³/mol. The Bertz CT molecular complexity index is 634. The van der Waals surface area contributed by atoms with Gasteiger partial charge < -0.3 is 5.32 Å². The third-order valence-corrected chi connectivity index (χ3v) is 4.66. The number of anilines is 1. The highest BCUT2D eigenvalue weighted by molar-refractivity contribution is 14.1. The van der Waals surface area contributed by atoms with Crippen molar-refractivity contribution in [3.8, 4) is 0 Å². The topological polar surface area (TPSA) is 46.9 Å². The lowest BCUT2D eigenvalue weighted by atomic mass is 10.2. The van der Waals surface area contributed by atoms with Crippen LogP contribution in [0.5, 0.6) is 0 Å². The minimum atomic E-state index is -0.0836. The number of aromatic nitrogens is 2. The molecule has 0 spiro atoms. The van der Waals surface area contributed by atoms with Gasteiger partial charge in [0.2, 0.25) is 0 Å². The highest BCUT2D eigenvalue weighted by atomic mass is 127. The molecule has 2 aromatic rings. The summed E-state index contributed by atoms with van der Waals surface area (Å²) in [5, 5.41) is 7.31. The van der Waals surface area contributed by atoms with Crippen LogP contribution >= 0.6 is 22.6 Å². The zero-order chi connectivity index (χ0) is 14.1. The summed E-state index contributed by atoms with van der Waals surface area (Å²) in [5.41, 5.74) is 0.694. The Labute approximate surface area is 131 Å². The number of hydrogen-bond donors (Lipinski definition) is 1. The molecule has 3 rings (SSSR count). The molecule has 1 heterocycles. The highest BCUT2D eigenvalue weighted by Gasteiger charge is 2.30. The zero-order valence-electron chi connectivity index (χ0n) is 11.2. The first-order valence-corrected chi connectivity index (χ1v) is 7.84. The summed E-state index contributed by atoms with van der Waals surface area (Å²) >= 11 is 2.18. The van der Waals surface area contributed by atoms with Gasteiger partial charge >= 0.3 is 0 Å². The lowest BCUT2D eigenvalue weighted by Crippen LogP contribution is -2.19. The van der Waals surface area contributed by atoms with E-state index in [2.05, 4.69) is 39.9 Å². The van der Waals surface area contributed by atoms with Crippen molar-refractivity contribution in [3.63, 3.8) is 0 Å². The molecule has 0 bridgehead atoms.